The van der Waals surface area contributed by atoms with E-state index in [2.05, 4.69) is 9.88 Å². The molecule has 0 spiro atoms. The van der Waals surface area contributed by atoms with Gasteiger partial charge in [0.25, 0.3) is 5.91 Å². The summed E-state index contributed by atoms with van der Waals surface area (Å²) in [4.78, 5) is 37.0. The summed E-state index contributed by atoms with van der Waals surface area (Å²) in [6.45, 7) is 9.20. The number of Topliss-reactive ketones (excluding diaryl/α,β-unsaturated/α-hetero) is 1. The maximum absolute atomic E-state index is 14.1. The van der Waals surface area contributed by atoms with Crippen LogP contribution in [0.4, 0.5) is 0 Å². The molecule has 1 unspecified atom stereocenters. The molecule has 1 amide bonds. The average Bonchev–Trinajstić information content (AvgIpc) is 3.59. The highest BCUT2D eigenvalue weighted by Crippen LogP contribution is 2.42. The van der Waals surface area contributed by atoms with Crippen LogP contribution >= 0.6 is 23.2 Å². The van der Waals surface area contributed by atoms with Gasteiger partial charge in [0, 0.05) is 43.1 Å². The van der Waals surface area contributed by atoms with E-state index in [1.54, 1.807) is 39.7 Å². The molecule has 286 valence electrons. The second-order valence-corrected chi connectivity index (χ2v) is 14.4. The maximum Gasteiger partial charge on any atom is 0.254 e. The lowest BCUT2D eigenvalue weighted by Crippen LogP contribution is -2.50. The highest BCUT2D eigenvalue weighted by atomic mass is 35.5. The Kier molecular flexibility index (Phi) is 14.4. The minimum Gasteiger partial charge on any atom is -0.493 e. The third-order valence-electron chi connectivity index (χ3n) is 10.5. The van der Waals surface area contributed by atoms with E-state index in [1.807, 2.05) is 65.8 Å². The number of imidazole rings is 1. The molecule has 2 aliphatic heterocycles. The van der Waals surface area contributed by atoms with Gasteiger partial charge in [-0.2, -0.15) is 0 Å². The molecule has 1 aromatic heterocycles. The number of methoxy groups -OCH3 is 3. The van der Waals surface area contributed by atoms with Gasteiger partial charge in [0.15, 0.2) is 17.3 Å². The molecule has 2 fully saturated rings. The first-order valence-corrected chi connectivity index (χ1v) is 19.2. The van der Waals surface area contributed by atoms with E-state index in [1.165, 1.54) is 0 Å². The zero-order valence-electron chi connectivity index (χ0n) is 31.5. The first kappa shape index (κ1) is 40.4. The van der Waals surface area contributed by atoms with Crippen LogP contribution in [-0.2, 0) is 16.7 Å². The molecule has 3 aromatic rings. The fraction of sp³-hybridized carbons (Fsp3) is 0.488. The fourth-order valence-corrected chi connectivity index (χ4v) is 7.89. The van der Waals surface area contributed by atoms with E-state index in [9.17, 15) is 9.59 Å². The van der Waals surface area contributed by atoms with Crippen LogP contribution in [0.15, 0.2) is 54.8 Å². The SMILES string of the molecule is C/C=C/C=C/c1cnc(C(=O)C2CCN(CCC3(c4ccc(Cl)c(Cl)c4)CCCN(C(=O)c4cc(OC)c(OC)c(OC)c4)C3)CC2)n1CCOCC. The van der Waals surface area contributed by atoms with Crippen LogP contribution in [0.5, 0.6) is 17.2 Å². The standard InChI is InChI=1S/C41H52Cl2N4O6/c1-6-8-9-11-32-27-44-39(47(32)22-23-53-7-2)37(48)29-14-19-45(20-15-29)21-17-41(31-12-13-33(42)34(43)26-31)16-10-18-46(28-41)40(49)30-24-35(50-3)38(52-5)36(25-30)51-4/h6,8-9,11-13,24-27,29H,7,10,14-23,28H2,1-5H3/b8-6+,11-9+. The molecule has 0 saturated carbocycles. The van der Waals surface area contributed by atoms with Crippen LogP contribution in [0.25, 0.3) is 6.08 Å². The van der Waals surface area contributed by atoms with E-state index >= 15 is 0 Å². The van der Waals surface area contributed by atoms with Gasteiger partial charge in [-0.3, -0.25) is 9.59 Å². The molecule has 0 radical (unpaired) electrons. The normalized spacial score (nSPS) is 18.6. The third kappa shape index (κ3) is 9.46. The molecular weight excluding hydrogens is 715 g/mol. The first-order valence-electron chi connectivity index (χ1n) is 18.4. The zero-order chi connectivity index (χ0) is 38.0. The number of carbonyl (C=O) groups excluding carboxylic acids is 2. The Balaban J connectivity index is 1.31. The number of hydrogen-bond acceptors (Lipinski definition) is 8. The summed E-state index contributed by atoms with van der Waals surface area (Å²) in [5.41, 5.74) is 2.08. The minimum absolute atomic E-state index is 0.0901. The molecular formula is C41H52Cl2N4O6. The maximum atomic E-state index is 14.1. The number of allylic oxidation sites excluding steroid dienone is 3. The molecule has 0 bridgehead atoms. The zero-order valence-corrected chi connectivity index (χ0v) is 33.0. The Hall–Kier alpha value is -3.83. The third-order valence-corrected chi connectivity index (χ3v) is 11.3. The van der Waals surface area contributed by atoms with Gasteiger partial charge in [0.2, 0.25) is 11.5 Å². The van der Waals surface area contributed by atoms with Gasteiger partial charge >= 0.3 is 0 Å². The highest BCUT2D eigenvalue weighted by molar-refractivity contribution is 6.42. The molecule has 12 heteroatoms. The number of piperidine rings is 2. The second kappa shape index (κ2) is 19.0. The fourth-order valence-electron chi connectivity index (χ4n) is 7.59. The lowest BCUT2D eigenvalue weighted by atomic mass is 9.71. The summed E-state index contributed by atoms with van der Waals surface area (Å²) in [7, 11) is 4.63. The topological polar surface area (TPSA) is 95.4 Å². The van der Waals surface area contributed by atoms with Gasteiger partial charge in [0.05, 0.1) is 49.9 Å². The van der Waals surface area contributed by atoms with Gasteiger partial charge in [-0.05, 0) is 101 Å². The van der Waals surface area contributed by atoms with Crippen LogP contribution in [-0.4, -0.2) is 98.3 Å². The Bertz CT molecular complexity index is 1760. The number of nitrogens with zero attached hydrogens (tertiary/aromatic N) is 4. The average molecular weight is 768 g/mol. The predicted molar refractivity (Wildman–Crippen MR) is 210 cm³/mol. The molecule has 1 atom stereocenters. The van der Waals surface area contributed by atoms with Crippen LogP contribution in [0.3, 0.4) is 0 Å². The van der Waals surface area contributed by atoms with Crippen LogP contribution < -0.4 is 14.2 Å². The first-order chi connectivity index (χ1) is 25.7. The van der Waals surface area contributed by atoms with E-state index in [0.29, 0.717) is 71.5 Å². The van der Waals surface area contributed by atoms with Crippen LogP contribution in [0.1, 0.15) is 78.2 Å². The largest absolute Gasteiger partial charge is 0.493 e. The van der Waals surface area contributed by atoms with Gasteiger partial charge in [0.1, 0.15) is 0 Å². The van der Waals surface area contributed by atoms with Gasteiger partial charge < -0.3 is 33.3 Å². The van der Waals surface area contributed by atoms with Crippen LogP contribution in [0, 0.1) is 5.92 Å². The van der Waals surface area contributed by atoms with Gasteiger partial charge in [-0.1, -0.05) is 47.5 Å². The Morgan fingerprint density at radius 2 is 1.70 bits per heavy atom. The van der Waals surface area contributed by atoms with Crippen molar-refractivity contribution in [2.24, 2.45) is 5.92 Å². The highest BCUT2D eigenvalue weighted by Gasteiger charge is 2.40. The number of amides is 1. The van der Waals surface area contributed by atoms with Gasteiger partial charge in [-0.15, -0.1) is 0 Å². The molecule has 10 nitrogen and oxygen atoms in total. The molecule has 53 heavy (non-hydrogen) atoms. The quantitative estimate of drug-likeness (QED) is 0.0823. The molecule has 2 aromatic carbocycles. The summed E-state index contributed by atoms with van der Waals surface area (Å²) >= 11 is 13.0. The van der Waals surface area contributed by atoms with Crippen molar-refractivity contribution in [2.45, 2.75) is 57.9 Å². The monoisotopic (exact) mass is 766 g/mol. The summed E-state index contributed by atoms with van der Waals surface area (Å²) in [5, 5.41) is 0.994. The van der Waals surface area contributed by atoms with Crippen molar-refractivity contribution in [2.75, 3.05) is 67.3 Å². The lowest BCUT2D eigenvalue weighted by Gasteiger charge is -2.45. The lowest BCUT2D eigenvalue weighted by molar-refractivity contribution is 0.0600. The smallest absolute Gasteiger partial charge is 0.254 e. The molecule has 0 aliphatic carbocycles. The molecule has 2 aliphatic rings. The van der Waals surface area contributed by atoms with Crippen molar-refractivity contribution < 1.29 is 28.5 Å². The number of ether oxygens (including phenoxy) is 4. The number of aromatic nitrogens is 2. The molecule has 3 heterocycles. The second-order valence-electron chi connectivity index (χ2n) is 13.6. The van der Waals surface area contributed by atoms with E-state index < -0.39 is 0 Å². The van der Waals surface area contributed by atoms with Crippen LogP contribution in [0.2, 0.25) is 10.0 Å². The number of benzene rings is 2. The molecule has 0 N–H and O–H groups in total. The number of carbonyl (C=O) groups is 2. The summed E-state index contributed by atoms with van der Waals surface area (Å²) in [5.74, 6) is 1.69. The Morgan fingerprint density at radius 3 is 2.34 bits per heavy atom. The minimum atomic E-state index is -0.350. The predicted octanol–water partition coefficient (Wildman–Crippen LogP) is 8.00. The van der Waals surface area contributed by atoms with Crippen molar-refractivity contribution in [3.8, 4) is 17.2 Å². The van der Waals surface area contributed by atoms with Crippen molar-refractivity contribution >= 4 is 41.0 Å². The van der Waals surface area contributed by atoms with E-state index in [-0.39, 0.29) is 23.0 Å². The number of halogens is 2. The van der Waals surface area contributed by atoms with Crippen molar-refractivity contribution in [1.29, 1.82) is 0 Å². The molecule has 2 saturated heterocycles. The Morgan fingerprint density at radius 1 is 0.962 bits per heavy atom. The van der Waals surface area contributed by atoms with E-state index in [0.717, 1.165) is 63.0 Å². The summed E-state index contributed by atoms with van der Waals surface area (Å²) < 4.78 is 24.2. The number of hydrogen-bond donors (Lipinski definition) is 0. The summed E-state index contributed by atoms with van der Waals surface area (Å²) in [6.07, 6.45) is 13.7. The summed E-state index contributed by atoms with van der Waals surface area (Å²) in [6, 6.07) is 9.26. The number of likely N-dealkylation sites (tertiary alicyclic amines) is 2. The van der Waals surface area contributed by atoms with E-state index in [4.69, 9.17) is 42.1 Å². The van der Waals surface area contributed by atoms with Crippen molar-refractivity contribution in [3.63, 3.8) is 0 Å². The van der Waals surface area contributed by atoms with Crippen molar-refractivity contribution in [3.05, 3.63) is 87.4 Å². The Labute approximate surface area is 323 Å². The number of rotatable bonds is 16. The van der Waals surface area contributed by atoms with Crippen molar-refractivity contribution in [1.82, 2.24) is 19.4 Å². The number of ketones is 1. The van der Waals surface area contributed by atoms with Gasteiger partial charge in [-0.25, -0.2) is 4.98 Å². The molecule has 5 rings (SSSR count).